The molecule has 1 aromatic carbocycles. The first-order valence-electron chi connectivity index (χ1n) is 6.05. The lowest BCUT2D eigenvalue weighted by atomic mass is 10.3. The summed E-state index contributed by atoms with van der Waals surface area (Å²) >= 11 is 3.07. The van der Waals surface area contributed by atoms with Crippen molar-refractivity contribution in [2.45, 2.75) is 11.8 Å². The van der Waals surface area contributed by atoms with E-state index in [0.29, 0.717) is 5.69 Å². The highest BCUT2D eigenvalue weighted by atomic mass is 79.9. The average molecular weight is 374 g/mol. The second-order valence-corrected chi connectivity index (χ2v) is 6.86. The van der Waals surface area contributed by atoms with E-state index < -0.39 is 15.8 Å². The highest BCUT2D eigenvalue weighted by Crippen LogP contribution is 2.31. The Labute approximate surface area is 130 Å². The molecule has 5 nitrogen and oxygen atoms in total. The van der Waals surface area contributed by atoms with Gasteiger partial charge in [0.05, 0.1) is 11.4 Å². The van der Waals surface area contributed by atoms with Crippen molar-refractivity contribution >= 4 is 37.3 Å². The Morgan fingerprint density at radius 2 is 1.95 bits per heavy atom. The number of anilines is 2. The molecule has 0 atom stereocenters. The minimum Gasteiger partial charge on any atom is -0.396 e. The van der Waals surface area contributed by atoms with Crippen LogP contribution in [0.15, 0.2) is 46.0 Å². The van der Waals surface area contributed by atoms with Crippen LogP contribution < -0.4 is 10.0 Å². The molecule has 21 heavy (non-hydrogen) atoms. The number of hydrogen-bond acceptors (Lipinski definition) is 4. The topological polar surface area (TPSA) is 76.3 Å². The maximum atomic E-state index is 13.4. The van der Waals surface area contributed by atoms with Gasteiger partial charge in [-0.2, -0.15) is 0 Å². The summed E-state index contributed by atoms with van der Waals surface area (Å²) in [5.74, 6) is -0.673. The van der Waals surface area contributed by atoms with Gasteiger partial charge in [0.2, 0.25) is 0 Å². The molecule has 2 rings (SSSR count). The Bertz CT molecular complexity index is 754. The van der Waals surface area contributed by atoms with Gasteiger partial charge in [0.15, 0.2) is 0 Å². The summed E-state index contributed by atoms with van der Waals surface area (Å²) in [5.41, 5.74) is 5.73. The third-order valence-corrected chi connectivity index (χ3v) is 5.72. The van der Waals surface area contributed by atoms with Crippen LogP contribution >= 0.6 is 15.9 Å². The summed E-state index contributed by atoms with van der Waals surface area (Å²) < 4.78 is 40.2. The standard InChI is InChI=1S/C13H13BrFN3O2S/c1-2-18(9-3-5-17-6-4-9)21(19,20)13-8-12(16)11(15)7-10(13)14/h3-8H,2,16H2,1H3. The van der Waals surface area contributed by atoms with Crippen molar-refractivity contribution in [3.8, 4) is 0 Å². The minimum atomic E-state index is -3.86. The number of nitrogens with zero attached hydrogens (tertiary/aromatic N) is 2. The van der Waals surface area contributed by atoms with E-state index in [0.717, 1.165) is 12.1 Å². The van der Waals surface area contributed by atoms with Gasteiger partial charge in [-0.1, -0.05) is 0 Å². The number of rotatable bonds is 4. The molecule has 0 fully saturated rings. The van der Waals surface area contributed by atoms with Gasteiger partial charge in [-0.3, -0.25) is 9.29 Å². The maximum absolute atomic E-state index is 13.4. The van der Waals surface area contributed by atoms with Gasteiger partial charge in [0.1, 0.15) is 10.7 Å². The molecule has 1 heterocycles. The molecule has 0 aliphatic rings. The third-order valence-electron chi connectivity index (χ3n) is 2.86. The molecule has 1 aromatic heterocycles. The lowest BCUT2D eigenvalue weighted by Crippen LogP contribution is -2.31. The SMILES string of the molecule is CCN(c1ccncc1)S(=O)(=O)c1cc(N)c(F)cc1Br. The summed E-state index contributed by atoms with van der Waals surface area (Å²) in [6.45, 7) is 1.93. The van der Waals surface area contributed by atoms with Crippen LogP contribution in [0.1, 0.15) is 6.92 Å². The molecule has 0 saturated carbocycles. The van der Waals surface area contributed by atoms with E-state index in [-0.39, 0.29) is 21.6 Å². The van der Waals surface area contributed by atoms with Gasteiger partial charge >= 0.3 is 0 Å². The van der Waals surface area contributed by atoms with Gasteiger partial charge in [-0.25, -0.2) is 12.8 Å². The molecule has 112 valence electrons. The molecule has 2 N–H and O–H groups in total. The number of nitrogens with two attached hydrogens (primary N) is 1. The summed E-state index contributed by atoms with van der Waals surface area (Å²) in [7, 11) is -3.86. The summed E-state index contributed by atoms with van der Waals surface area (Å²) in [6.07, 6.45) is 3.00. The predicted octanol–water partition coefficient (Wildman–Crippen LogP) is 2.78. The van der Waals surface area contributed by atoms with Crippen LogP contribution in [0, 0.1) is 5.82 Å². The second kappa shape index (κ2) is 5.98. The monoisotopic (exact) mass is 373 g/mol. The fourth-order valence-electron chi connectivity index (χ4n) is 1.86. The normalized spacial score (nSPS) is 11.4. The van der Waals surface area contributed by atoms with Crippen LogP contribution in [0.3, 0.4) is 0 Å². The summed E-state index contributed by atoms with van der Waals surface area (Å²) in [5, 5.41) is 0. The quantitative estimate of drug-likeness (QED) is 0.835. The fourth-order valence-corrected chi connectivity index (χ4v) is 4.35. The van der Waals surface area contributed by atoms with Crippen LogP contribution in [0.5, 0.6) is 0 Å². The smallest absolute Gasteiger partial charge is 0.265 e. The number of hydrogen-bond donors (Lipinski definition) is 1. The Kier molecular flexibility index (Phi) is 4.48. The van der Waals surface area contributed by atoms with Crippen LogP contribution in [0.2, 0.25) is 0 Å². The minimum absolute atomic E-state index is 0.0833. The van der Waals surface area contributed by atoms with Crippen LogP contribution in [-0.2, 0) is 10.0 Å². The van der Waals surface area contributed by atoms with Crippen molar-refractivity contribution in [2.75, 3.05) is 16.6 Å². The van der Waals surface area contributed by atoms with Crippen LogP contribution in [0.25, 0.3) is 0 Å². The van der Waals surface area contributed by atoms with Crippen molar-refractivity contribution in [1.82, 2.24) is 4.98 Å². The zero-order chi connectivity index (χ0) is 15.6. The third kappa shape index (κ3) is 3.01. The van der Waals surface area contributed by atoms with E-state index in [4.69, 9.17) is 5.73 Å². The first kappa shape index (κ1) is 15.7. The fraction of sp³-hybridized carbons (Fsp3) is 0.154. The lowest BCUT2D eigenvalue weighted by Gasteiger charge is -2.23. The van der Waals surface area contributed by atoms with E-state index in [1.807, 2.05) is 0 Å². The highest BCUT2D eigenvalue weighted by molar-refractivity contribution is 9.10. The van der Waals surface area contributed by atoms with E-state index >= 15 is 0 Å². The van der Waals surface area contributed by atoms with Crippen LogP contribution in [0.4, 0.5) is 15.8 Å². The zero-order valence-corrected chi connectivity index (χ0v) is 13.5. The van der Waals surface area contributed by atoms with E-state index in [2.05, 4.69) is 20.9 Å². The molecule has 0 spiro atoms. The number of pyridine rings is 1. The van der Waals surface area contributed by atoms with Crippen molar-refractivity contribution < 1.29 is 12.8 Å². The maximum Gasteiger partial charge on any atom is 0.265 e. The number of sulfonamides is 1. The molecule has 0 saturated heterocycles. The molecule has 0 bridgehead atoms. The molecule has 0 amide bonds. The van der Waals surface area contributed by atoms with Gasteiger partial charge in [0.25, 0.3) is 10.0 Å². The Morgan fingerprint density at radius 1 is 1.33 bits per heavy atom. The number of nitrogen functional groups attached to an aromatic ring is 1. The first-order chi connectivity index (χ1) is 9.87. The molecule has 0 unspecified atom stereocenters. The molecule has 0 aliphatic heterocycles. The van der Waals surface area contributed by atoms with E-state index in [1.165, 1.54) is 16.7 Å². The largest absolute Gasteiger partial charge is 0.396 e. The molecule has 8 heteroatoms. The van der Waals surface area contributed by atoms with Gasteiger partial charge < -0.3 is 5.73 Å². The van der Waals surface area contributed by atoms with Gasteiger partial charge in [-0.05, 0) is 47.1 Å². The van der Waals surface area contributed by atoms with Gasteiger partial charge in [-0.15, -0.1) is 0 Å². The Morgan fingerprint density at radius 3 is 2.52 bits per heavy atom. The highest BCUT2D eigenvalue weighted by Gasteiger charge is 2.27. The summed E-state index contributed by atoms with van der Waals surface area (Å²) in [4.78, 5) is 3.78. The number of benzene rings is 1. The first-order valence-corrected chi connectivity index (χ1v) is 8.28. The van der Waals surface area contributed by atoms with Crippen molar-refractivity contribution in [2.24, 2.45) is 0 Å². The Hall–Kier alpha value is -1.67. The van der Waals surface area contributed by atoms with Crippen molar-refractivity contribution in [3.63, 3.8) is 0 Å². The molecule has 0 radical (unpaired) electrons. The van der Waals surface area contributed by atoms with Crippen molar-refractivity contribution in [3.05, 3.63) is 46.9 Å². The van der Waals surface area contributed by atoms with Crippen molar-refractivity contribution in [1.29, 1.82) is 0 Å². The average Bonchev–Trinajstić information content (AvgIpc) is 2.44. The molecular weight excluding hydrogens is 361 g/mol. The predicted molar refractivity (Wildman–Crippen MR) is 83.0 cm³/mol. The van der Waals surface area contributed by atoms with Crippen LogP contribution in [-0.4, -0.2) is 19.9 Å². The number of aromatic nitrogens is 1. The zero-order valence-electron chi connectivity index (χ0n) is 11.1. The van der Waals surface area contributed by atoms with Gasteiger partial charge in [0, 0.05) is 23.4 Å². The Balaban J connectivity index is 2.58. The van der Waals surface area contributed by atoms with E-state index in [9.17, 15) is 12.8 Å². The summed E-state index contributed by atoms with van der Waals surface area (Å²) in [6, 6.07) is 5.32. The lowest BCUT2D eigenvalue weighted by molar-refractivity contribution is 0.590. The number of halogens is 2. The molecule has 0 aliphatic carbocycles. The molecular formula is C13H13BrFN3O2S. The molecule has 2 aromatic rings. The second-order valence-electron chi connectivity index (χ2n) is 4.18. The van der Waals surface area contributed by atoms with E-state index in [1.54, 1.807) is 19.1 Å².